The van der Waals surface area contributed by atoms with Crippen LogP contribution < -0.4 is 10.6 Å². The average Bonchev–Trinajstić information content (AvgIpc) is 2.89. The van der Waals surface area contributed by atoms with Gasteiger partial charge in [-0.05, 0) is 36.5 Å². The van der Waals surface area contributed by atoms with Crippen LogP contribution in [0.4, 0.5) is 5.69 Å². The number of nitrogens with one attached hydrogen (secondary N) is 2. The van der Waals surface area contributed by atoms with E-state index in [1.54, 1.807) is 24.3 Å². The largest absolute Gasteiger partial charge is 0.348 e. The Bertz CT molecular complexity index is 996. The summed E-state index contributed by atoms with van der Waals surface area (Å²) in [6, 6.07) is 16.8. The zero-order valence-corrected chi connectivity index (χ0v) is 20.4. The molecule has 2 aromatic carbocycles. The fourth-order valence-electron chi connectivity index (χ4n) is 4.98. The molecular formula is C28H36N4O3. The Morgan fingerprint density at radius 1 is 0.829 bits per heavy atom. The highest BCUT2D eigenvalue weighted by atomic mass is 16.2. The molecule has 0 radical (unpaired) electrons. The second-order valence-corrected chi connectivity index (χ2v) is 9.63. The SMILES string of the molecule is O=C(CN1CCN(C(=O)CC2CCCCC2)CC1)Nc1ccccc1C(=O)NCc1ccccc1. The number of anilines is 1. The van der Waals surface area contributed by atoms with Crippen molar-refractivity contribution in [3.63, 3.8) is 0 Å². The summed E-state index contributed by atoms with van der Waals surface area (Å²) in [5, 5.41) is 5.82. The van der Waals surface area contributed by atoms with Gasteiger partial charge in [0, 0.05) is 39.1 Å². The van der Waals surface area contributed by atoms with E-state index in [1.165, 1.54) is 32.1 Å². The van der Waals surface area contributed by atoms with E-state index in [1.807, 2.05) is 35.2 Å². The van der Waals surface area contributed by atoms with E-state index < -0.39 is 0 Å². The van der Waals surface area contributed by atoms with Crippen LogP contribution in [-0.4, -0.2) is 60.2 Å². The van der Waals surface area contributed by atoms with Crippen LogP contribution in [0.5, 0.6) is 0 Å². The highest BCUT2D eigenvalue weighted by Gasteiger charge is 2.25. The van der Waals surface area contributed by atoms with Crippen LogP contribution in [0.25, 0.3) is 0 Å². The van der Waals surface area contributed by atoms with Crippen LogP contribution in [0, 0.1) is 5.92 Å². The van der Waals surface area contributed by atoms with Gasteiger partial charge in [-0.3, -0.25) is 19.3 Å². The fraction of sp³-hybridized carbons (Fsp3) is 0.464. The number of nitrogens with zero attached hydrogens (tertiary/aromatic N) is 2. The number of benzene rings is 2. The first kappa shape index (κ1) is 24.9. The van der Waals surface area contributed by atoms with Gasteiger partial charge in [0.2, 0.25) is 11.8 Å². The van der Waals surface area contributed by atoms with E-state index in [2.05, 4.69) is 15.5 Å². The lowest BCUT2D eigenvalue weighted by Crippen LogP contribution is -2.50. The number of piperazine rings is 1. The Morgan fingerprint density at radius 2 is 1.51 bits per heavy atom. The predicted molar refractivity (Wildman–Crippen MR) is 137 cm³/mol. The van der Waals surface area contributed by atoms with Crippen molar-refractivity contribution in [2.45, 2.75) is 45.1 Å². The highest BCUT2D eigenvalue weighted by Crippen LogP contribution is 2.27. The molecule has 2 aliphatic rings. The molecule has 2 fully saturated rings. The van der Waals surface area contributed by atoms with Gasteiger partial charge in [0.15, 0.2) is 0 Å². The zero-order chi connectivity index (χ0) is 24.5. The minimum atomic E-state index is -0.227. The molecule has 0 aromatic heterocycles. The lowest BCUT2D eigenvalue weighted by Gasteiger charge is -2.35. The maximum absolute atomic E-state index is 12.7. The maximum atomic E-state index is 12.7. The zero-order valence-electron chi connectivity index (χ0n) is 20.4. The van der Waals surface area contributed by atoms with Gasteiger partial charge in [0.1, 0.15) is 0 Å². The Kier molecular flexibility index (Phi) is 8.90. The molecule has 3 amide bonds. The summed E-state index contributed by atoms with van der Waals surface area (Å²) in [5.74, 6) is 0.423. The van der Waals surface area contributed by atoms with Crippen LogP contribution >= 0.6 is 0 Å². The third-order valence-electron chi connectivity index (χ3n) is 7.02. The van der Waals surface area contributed by atoms with Crippen molar-refractivity contribution < 1.29 is 14.4 Å². The number of carbonyl (C=O) groups excluding carboxylic acids is 3. The van der Waals surface area contributed by atoms with Crippen LogP contribution in [0.2, 0.25) is 0 Å². The van der Waals surface area contributed by atoms with Crippen LogP contribution in [-0.2, 0) is 16.1 Å². The van der Waals surface area contributed by atoms with Gasteiger partial charge in [-0.1, -0.05) is 61.7 Å². The summed E-state index contributed by atoms with van der Waals surface area (Å²) in [7, 11) is 0. The first-order valence-corrected chi connectivity index (χ1v) is 12.8. The van der Waals surface area contributed by atoms with Crippen molar-refractivity contribution in [1.29, 1.82) is 0 Å². The molecule has 1 aliphatic heterocycles. The summed E-state index contributed by atoms with van der Waals surface area (Å²) >= 11 is 0. The van der Waals surface area contributed by atoms with Crippen molar-refractivity contribution in [3.05, 3.63) is 65.7 Å². The van der Waals surface area contributed by atoms with Crippen LogP contribution in [0.1, 0.15) is 54.4 Å². The van der Waals surface area contributed by atoms with Gasteiger partial charge < -0.3 is 15.5 Å². The number of rotatable bonds is 8. The fourth-order valence-corrected chi connectivity index (χ4v) is 4.98. The lowest BCUT2D eigenvalue weighted by atomic mass is 9.86. The van der Waals surface area contributed by atoms with E-state index in [0.29, 0.717) is 56.3 Å². The second kappa shape index (κ2) is 12.5. The first-order chi connectivity index (χ1) is 17.1. The Balaban J connectivity index is 1.23. The summed E-state index contributed by atoms with van der Waals surface area (Å²) in [6.07, 6.45) is 6.82. The van der Waals surface area contributed by atoms with Crippen molar-refractivity contribution in [1.82, 2.24) is 15.1 Å². The number of carbonyl (C=O) groups is 3. The molecule has 35 heavy (non-hydrogen) atoms. The van der Waals surface area contributed by atoms with E-state index in [-0.39, 0.29) is 24.3 Å². The molecule has 0 bridgehead atoms. The molecule has 1 saturated carbocycles. The monoisotopic (exact) mass is 476 g/mol. The Morgan fingerprint density at radius 3 is 2.26 bits per heavy atom. The topological polar surface area (TPSA) is 81.8 Å². The van der Waals surface area contributed by atoms with E-state index >= 15 is 0 Å². The molecule has 2 N–H and O–H groups in total. The average molecular weight is 477 g/mol. The second-order valence-electron chi connectivity index (χ2n) is 9.63. The third kappa shape index (κ3) is 7.39. The molecule has 1 aliphatic carbocycles. The van der Waals surface area contributed by atoms with Crippen molar-refractivity contribution in [2.24, 2.45) is 5.92 Å². The number of hydrogen-bond donors (Lipinski definition) is 2. The molecule has 1 saturated heterocycles. The summed E-state index contributed by atoms with van der Waals surface area (Å²) in [6.45, 7) is 3.36. The lowest BCUT2D eigenvalue weighted by molar-refractivity contribution is -0.134. The van der Waals surface area contributed by atoms with E-state index in [4.69, 9.17) is 0 Å². The minimum Gasteiger partial charge on any atom is -0.348 e. The smallest absolute Gasteiger partial charge is 0.253 e. The van der Waals surface area contributed by atoms with Crippen LogP contribution in [0.3, 0.4) is 0 Å². The molecule has 1 heterocycles. The minimum absolute atomic E-state index is 0.157. The maximum Gasteiger partial charge on any atom is 0.253 e. The standard InChI is InChI=1S/C28H36N4O3/c33-26(21-31-15-17-32(18-16-31)27(34)19-22-9-3-1-4-10-22)30-25-14-8-7-13-24(25)28(35)29-20-23-11-5-2-6-12-23/h2,5-8,11-14,22H,1,3-4,9-10,15-21H2,(H,29,35)(H,30,33). The predicted octanol–water partition coefficient (Wildman–Crippen LogP) is 3.67. The molecule has 7 nitrogen and oxygen atoms in total. The number of amides is 3. The van der Waals surface area contributed by atoms with Gasteiger partial charge in [0.05, 0.1) is 17.8 Å². The quantitative estimate of drug-likeness (QED) is 0.609. The molecule has 0 unspecified atom stereocenters. The van der Waals surface area contributed by atoms with E-state index in [9.17, 15) is 14.4 Å². The van der Waals surface area contributed by atoms with Gasteiger partial charge >= 0.3 is 0 Å². The van der Waals surface area contributed by atoms with E-state index in [0.717, 1.165) is 5.56 Å². The number of hydrogen-bond acceptors (Lipinski definition) is 4. The number of para-hydroxylation sites is 1. The molecule has 7 heteroatoms. The Hall–Kier alpha value is -3.19. The molecule has 0 spiro atoms. The summed E-state index contributed by atoms with van der Waals surface area (Å²) < 4.78 is 0. The third-order valence-corrected chi connectivity index (χ3v) is 7.02. The van der Waals surface area contributed by atoms with Gasteiger partial charge in [-0.2, -0.15) is 0 Å². The van der Waals surface area contributed by atoms with Crippen molar-refractivity contribution >= 4 is 23.4 Å². The van der Waals surface area contributed by atoms with Gasteiger partial charge in [-0.15, -0.1) is 0 Å². The van der Waals surface area contributed by atoms with Crippen molar-refractivity contribution in [3.8, 4) is 0 Å². The normalized spacial score (nSPS) is 17.1. The molecule has 186 valence electrons. The Labute approximate surface area is 207 Å². The van der Waals surface area contributed by atoms with Gasteiger partial charge in [-0.25, -0.2) is 0 Å². The highest BCUT2D eigenvalue weighted by molar-refractivity contribution is 6.04. The summed E-state index contributed by atoms with van der Waals surface area (Å²) in [4.78, 5) is 42.2. The first-order valence-electron chi connectivity index (χ1n) is 12.8. The molecular weight excluding hydrogens is 440 g/mol. The van der Waals surface area contributed by atoms with Gasteiger partial charge in [0.25, 0.3) is 5.91 Å². The van der Waals surface area contributed by atoms with Crippen molar-refractivity contribution in [2.75, 3.05) is 38.0 Å². The molecule has 0 atom stereocenters. The molecule has 4 rings (SSSR count). The summed E-state index contributed by atoms with van der Waals surface area (Å²) in [5.41, 5.74) is 1.96. The van der Waals surface area contributed by atoms with Crippen LogP contribution in [0.15, 0.2) is 54.6 Å². The molecule has 2 aromatic rings.